The molecule has 1 aromatic heterocycles. The number of likely N-dealkylation sites (N-methyl/N-ethyl adjacent to an activating group) is 1. The Labute approximate surface area is 174 Å². The highest BCUT2D eigenvalue weighted by Crippen LogP contribution is 2.34. The third-order valence-corrected chi connectivity index (χ3v) is 5.65. The molecule has 0 radical (unpaired) electrons. The molecule has 1 fully saturated rings. The lowest BCUT2D eigenvalue weighted by atomic mass is 10.2. The quantitative estimate of drug-likeness (QED) is 0.716. The molecule has 29 heavy (non-hydrogen) atoms. The van der Waals surface area contributed by atoms with E-state index in [4.69, 9.17) is 9.47 Å². The van der Waals surface area contributed by atoms with E-state index in [0.29, 0.717) is 37.3 Å². The zero-order chi connectivity index (χ0) is 20.2. The van der Waals surface area contributed by atoms with Gasteiger partial charge in [-0.1, -0.05) is 6.07 Å². The van der Waals surface area contributed by atoms with Gasteiger partial charge in [-0.15, -0.1) is 11.3 Å². The Morgan fingerprint density at radius 2 is 1.93 bits per heavy atom. The molecule has 154 valence electrons. The third-order valence-electron chi connectivity index (χ3n) is 4.79. The molecule has 2 heterocycles. The second-order valence-electron chi connectivity index (χ2n) is 7.40. The molecule has 0 unspecified atom stereocenters. The van der Waals surface area contributed by atoms with Crippen molar-refractivity contribution in [2.24, 2.45) is 0 Å². The number of benzene rings is 1. The molecule has 0 spiro atoms. The van der Waals surface area contributed by atoms with Crippen LogP contribution < -0.4 is 19.7 Å². The van der Waals surface area contributed by atoms with Gasteiger partial charge in [0.05, 0.1) is 19.6 Å². The van der Waals surface area contributed by atoms with Crippen molar-refractivity contribution >= 4 is 28.8 Å². The molecular weight excluding hydrogens is 390 g/mol. The first kappa shape index (κ1) is 19.7. The fraction of sp³-hybridized carbons (Fsp3) is 0.429. The van der Waals surface area contributed by atoms with Crippen molar-refractivity contribution in [2.45, 2.75) is 25.4 Å². The summed E-state index contributed by atoms with van der Waals surface area (Å²) in [5, 5.41) is 4.95. The summed E-state index contributed by atoms with van der Waals surface area (Å²) in [4.78, 5) is 29.8. The number of nitrogens with one attached hydrogen (secondary N) is 1. The van der Waals surface area contributed by atoms with Crippen LogP contribution in [0.5, 0.6) is 11.5 Å². The van der Waals surface area contributed by atoms with Crippen molar-refractivity contribution in [3.8, 4) is 11.5 Å². The number of ether oxygens (including phenoxy) is 2. The Kier molecular flexibility index (Phi) is 6.01. The standard InChI is InChI=1S/C21H25N3O4S/c1-23(13-20(25)22-15-4-5-15)14-21(26)24(12-17-3-2-10-29-17)16-6-7-18-19(11-16)28-9-8-27-18/h2-3,6-7,10-11,15H,4-5,8-9,12-14H2,1H3,(H,22,25). The second kappa shape index (κ2) is 8.84. The fourth-order valence-electron chi connectivity index (χ4n) is 3.20. The number of thiophene rings is 1. The lowest BCUT2D eigenvalue weighted by Gasteiger charge is -2.27. The molecule has 0 saturated heterocycles. The van der Waals surface area contributed by atoms with Gasteiger partial charge in [-0.05, 0) is 43.5 Å². The summed E-state index contributed by atoms with van der Waals surface area (Å²) in [6.07, 6.45) is 2.10. The monoisotopic (exact) mass is 415 g/mol. The molecular formula is C21H25N3O4S. The Balaban J connectivity index is 1.47. The van der Waals surface area contributed by atoms with Crippen LogP contribution in [0.4, 0.5) is 5.69 Å². The highest BCUT2D eigenvalue weighted by molar-refractivity contribution is 7.09. The van der Waals surface area contributed by atoms with Crippen LogP contribution in [0.3, 0.4) is 0 Å². The Morgan fingerprint density at radius 1 is 1.14 bits per heavy atom. The molecule has 7 nitrogen and oxygen atoms in total. The SMILES string of the molecule is CN(CC(=O)NC1CC1)CC(=O)N(Cc1cccs1)c1ccc2c(c1)OCCO2. The van der Waals surface area contributed by atoms with E-state index >= 15 is 0 Å². The van der Waals surface area contributed by atoms with Crippen molar-refractivity contribution in [3.05, 3.63) is 40.6 Å². The summed E-state index contributed by atoms with van der Waals surface area (Å²) in [5.74, 6) is 1.23. The Morgan fingerprint density at radius 3 is 2.66 bits per heavy atom. The van der Waals surface area contributed by atoms with Crippen molar-refractivity contribution in [1.82, 2.24) is 10.2 Å². The minimum absolute atomic E-state index is 0.0352. The van der Waals surface area contributed by atoms with Crippen LogP contribution in [0.25, 0.3) is 0 Å². The van der Waals surface area contributed by atoms with Crippen LogP contribution in [0, 0.1) is 0 Å². The maximum Gasteiger partial charge on any atom is 0.241 e. The minimum Gasteiger partial charge on any atom is -0.486 e. The first-order valence-corrected chi connectivity index (χ1v) is 10.7. The lowest BCUT2D eigenvalue weighted by molar-refractivity contribution is -0.123. The lowest BCUT2D eigenvalue weighted by Crippen LogP contribution is -2.43. The number of nitrogens with zero attached hydrogens (tertiary/aromatic N) is 2. The molecule has 1 aliphatic heterocycles. The summed E-state index contributed by atoms with van der Waals surface area (Å²) >= 11 is 1.61. The van der Waals surface area contributed by atoms with Gasteiger partial charge >= 0.3 is 0 Å². The number of rotatable bonds is 8. The van der Waals surface area contributed by atoms with Gasteiger partial charge in [0.1, 0.15) is 13.2 Å². The van der Waals surface area contributed by atoms with Gasteiger partial charge < -0.3 is 19.7 Å². The number of fused-ring (bicyclic) bond motifs is 1. The number of hydrogen-bond donors (Lipinski definition) is 1. The smallest absolute Gasteiger partial charge is 0.241 e. The van der Waals surface area contributed by atoms with E-state index in [1.165, 1.54) is 0 Å². The molecule has 2 amide bonds. The van der Waals surface area contributed by atoms with Gasteiger partial charge in [-0.2, -0.15) is 0 Å². The third kappa shape index (κ3) is 5.27. The Hall–Kier alpha value is -2.58. The minimum atomic E-state index is -0.0724. The van der Waals surface area contributed by atoms with Gasteiger partial charge in [-0.3, -0.25) is 14.5 Å². The predicted octanol–water partition coefficient (Wildman–Crippen LogP) is 2.26. The van der Waals surface area contributed by atoms with Crippen molar-refractivity contribution < 1.29 is 19.1 Å². The van der Waals surface area contributed by atoms with Gasteiger partial charge in [0.2, 0.25) is 11.8 Å². The van der Waals surface area contributed by atoms with Crippen molar-refractivity contribution in [2.75, 3.05) is 38.3 Å². The average molecular weight is 416 g/mol. The molecule has 1 aliphatic carbocycles. The number of amides is 2. The maximum absolute atomic E-state index is 13.1. The van der Waals surface area contributed by atoms with Gasteiger partial charge in [0.25, 0.3) is 0 Å². The topological polar surface area (TPSA) is 71.1 Å². The van der Waals surface area contributed by atoms with Crippen LogP contribution in [-0.2, 0) is 16.1 Å². The number of carbonyl (C=O) groups excluding carboxylic acids is 2. The van der Waals surface area contributed by atoms with E-state index < -0.39 is 0 Å². The highest BCUT2D eigenvalue weighted by atomic mass is 32.1. The molecule has 1 N–H and O–H groups in total. The summed E-state index contributed by atoms with van der Waals surface area (Å²) in [6.45, 7) is 1.85. The van der Waals surface area contributed by atoms with Crippen molar-refractivity contribution in [3.63, 3.8) is 0 Å². The van der Waals surface area contributed by atoms with Crippen LogP contribution in [-0.4, -0.2) is 56.1 Å². The molecule has 1 aromatic carbocycles. The van der Waals surface area contributed by atoms with E-state index in [1.807, 2.05) is 35.7 Å². The van der Waals surface area contributed by atoms with E-state index in [2.05, 4.69) is 5.32 Å². The van der Waals surface area contributed by atoms with E-state index in [1.54, 1.807) is 28.2 Å². The summed E-state index contributed by atoms with van der Waals surface area (Å²) in [6, 6.07) is 9.86. The molecule has 0 atom stereocenters. The van der Waals surface area contributed by atoms with Gasteiger partial charge in [0, 0.05) is 22.7 Å². The normalized spacial score (nSPS) is 15.2. The number of hydrogen-bond acceptors (Lipinski definition) is 6. The van der Waals surface area contributed by atoms with E-state index in [-0.39, 0.29) is 24.9 Å². The second-order valence-corrected chi connectivity index (χ2v) is 8.43. The highest BCUT2D eigenvalue weighted by Gasteiger charge is 2.25. The molecule has 8 heteroatoms. The largest absolute Gasteiger partial charge is 0.486 e. The van der Waals surface area contributed by atoms with E-state index in [9.17, 15) is 9.59 Å². The molecule has 2 aromatic rings. The van der Waals surface area contributed by atoms with Crippen LogP contribution in [0.1, 0.15) is 17.7 Å². The van der Waals surface area contributed by atoms with Crippen molar-refractivity contribution in [1.29, 1.82) is 0 Å². The molecule has 4 rings (SSSR count). The first-order chi connectivity index (χ1) is 14.1. The predicted molar refractivity (Wildman–Crippen MR) is 112 cm³/mol. The zero-order valence-corrected chi connectivity index (χ0v) is 17.2. The van der Waals surface area contributed by atoms with Gasteiger partial charge in [0.15, 0.2) is 11.5 Å². The fourth-order valence-corrected chi connectivity index (χ4v) is 3.89. The van der Waals surface area contributed by atoms with Crippen LogP contribution in [0.2, 0.25) is 0 Å². The summed E-state index contributed by atoms with van der Waals surface area (Å²) in [5.41, 5.74) is 0.753. The van der Waals surface area contributed by atoms with E-state index in [0.717, 1.165) is 23.4 Å². The molecule has 1 saturated carbocycles. The zero-order valence-electron chi connectivity index (χ0n) is 16.4. The number of anilines is 1. The Bertz CT molecular complexity index is 867. The molecule has 0 bridgehead atoms. The molecule has 2 aliphatic rings. The maximum atomic E-state index is 13.1. The van der Waals surface area contributed by atoms with Crippen LogP contribution in [0.15, 0.2) is 35.7 Å². The first-order valence-electron chi connectivity index (χ1n) is 9.79. The number of carbonyl (C=O) groups is 2. The average Bonchev–Trinajstić information content (AvgIpc) is 3.36. The summed E-state index contributed by atoms with van der Waals surface area (Å²) < 4.78 is 11.3. The summed E-state index contributed by atoms with van der Waals surface area (Å²) in [7, 11) is 1.79. The van der Waals surface area contributed by atoms with Gasteiger partial charge in [-0.25, -0.2) is 0 Å². The van der Waals surface area contributed by atoms with Crippen LogP contribution >= 0.6 is 11.3 Å².